The highest BCUT2D eigenvalue weighted by Crippen LogP contribution is 2.37. The van der Waals surface area contributed by atoms with Gasteiger partial charge in [-0.3, -0.25) is 0 Å². The highest BCUT2D eigenvalue weighted by molar-refractivity contribution is 9.10. The Hall–Kier alpha value is -4.50. The van der Waals surface area contributed by atoms with Crippen LogP contribution in [-0.2, 0) is 19.5 Å². The van der Waals surface area contributed by atoms with Crippen molar-refractivity contribution in [3.05, 3.63) is 100 Å². The van der Waals surface area contributed by atoms with Gasteiger partial charge in [0.15, 0.2) is 5.58 Å². The summed E-state index contributed by atoms with van der Waals surface area (Å²) in [6.45, 7) is 1.92. The van der Waals surface area contributed by atoms with Crippen molar-refractivity contribution in [2.75, 3.05) is 25.7 Å². The predicted molar refractivity (Wildman–Crippen MR) is 166 cm³/mol. The zero-order valence-electron chi connectivity index (χ0n) is 23.3. The lowest BCUT2D eigenvalue weighted by atomic mass is 10.1. The quantitative estimate of drug-likeness (QED) is 0.174. The van der Waals surface area contributed by atoms with Crippen molar-refractivity contribution in [1.82, 2.24) is 14.8 Å². The van der Waals surface area contributed by atoms with Crippen molar-refractivity contribution >= 4 is 43.9 Å². The van der Waals surface area contributed by atoms with Crippen LogP contribution >= 0.6 is 15.9 Å². The van der Waals surface area contributed by atoms with Gasteiger partial charge >= 0.3 is 0 Å². The molecule has 6 aromatic rings. The van der Waals surface area contributed by atoms with Gasteiger partial charge < -0.3 is 23.5 Å². The molecule has 0 unspecified atom stereocenters. The zero-order valence-corrected chi connectivity index (χ0v) is 24.9. The van der Waals surface area contributed by atoms with E-state index in [0.717, 1.165) is 73.5 Å². The van der Waals surface area contributed by atoms with Gasteiger partial charge in [-0.05, 0) is 78.6 Å². The normalized spacial score (nSPS) is 12.7. The number of aromatic nitrogens is 3. The van der Waals surface area contributed by atoms with E-state index in [1.807, 2.05) is 53.2 Å². The molecule has 0 aliphatic carbocycles. The second kappa shape index (κ2) is 11.1. The summed E-state index contributed by atoms with van der Waals surface area (Å²) in [5.74, 6) is 2.51. The topological polar surface area (TPSA) is 74.8 Å². The van der Waals surface area contributed by atoms with E-state index >= 15 is 0 Å². The van der Waals surface area contributed by atoms with Crippen LogP contribution < -0.4 is 19.1 Å². The number of oxazole rings is 1. The van der Waals surface area contributed by atoms with Crippen LogP contribution in [0.25, 0.3) is 27.7 Å². The van der Waals surface area contributed by atoms with Gasteiger partial charge in [-0.2, -0.15) is 10.1 Å². The molecule has 3 heterocycles. The van der Waals surface area contributed by atoms with E-state index in [4.69, 9.17) is 28.7 Å². The van der Waals surface area contributed by atoms with Gasteiger partial charge in [0, 0.05) is 17.6 Å². The summed E-state index contributed by atoms with van der Waals surface area (Å²) in [5, 5.41) is 6.08. The number of benzene rings is 4. The molecule has 42 heavy (non-hydrogen) atoms. The van der Waals surface area contributed by atoms with Crippen LogP contribution in [0.3, 0.4) is 0 Å². The molecule has 1 aliphatic heterocycles. The number of ether oxygens (including phenoxy) is 3. The Morgan fingerprint density at radius 1 is 0.881 bits per heavy atom. The first kappa shape index (κ1) is 26.4. The lowest BCUT2D eigenvalue weighted by Gasteiger charge is -2.21. The molecule has 0 amide bonds. The third-order valence-corrected chi connectivity index (χ3v) is 8.00. The van der Waals surface area contributed by atoms with Gasteiger partial charge in [0.2, 0.25) is 0 Å². The molecule has 9 heteroatoms. The second-order valence-corrected chi connectivity index (χ2v) is 11.2. The molecular formula is C33H29BrN4O4. The first-order valence-electron chi connectivity index (χ1n) is 13.8. The van der Waals surface area contributed by atoms with Crippen molar-refractivity contribution in [3.8, 4) is 22.9 Å². The molecule has 0 saturated carbocycles. The van der Waals surface area contributed by atoms with Crippen LogP contribution in [0, 0.1) is 0 Å². The van der Waals surface area contributed by atoms with Crippen molar-refractivity contribution in [3.63, 3.8) is 0 Å². The van der Waals surface area contributed by atoms with Crippen molar-refractivity contribution < 1.29 is 18.6 Å². The van der Waals surface area contributed by atoms with Gasteiger partial charge in [-0.25, -0.2) is 4.68 Å². The summed E-state index contributed by atoms with van der Waals surface area (Å²) < 4.78 is 26.0. The summed E-state index contributed by atoms with van der Waals surface area (Å²) in [6.07, 6.45) is 1.81. The Balaban J connectivity index is 1.26. The molecule has 212 valence electrons. The summed E-state index contributed by atoms with van der Waals surface area (Å²) in [7, 11) is 3.34. The van der Waals surface area contributed by atoms with Gasteiger partial charge in [-0.15, -0.1) is 0 Å². The number of halogens is 1. The average molecular weight is 626 g/mol. The molecule has 7 rings (SSSR count). The number of anilines is 1. The largest absolute Gasteiger partial charge is 0.497 e. The minimum absolute atomic E-state index is 0.549. The summed E-state index contributed by atoms with van der Waals surface area (Å²) in [6, 6.07) is 26.8. The number of rotatable bonds is 8. The monoisotopic (exact) mass is 624 g/mol. The maximum absolute atomic E-state index is 6.34. The molecule has 0 radical (unpaired) electrons. The summed E-state index contributed by atoms with van der Waals surface area (Å²) in [5.41, 5.74) is 6.68. The Bertz CT molecular complexity index is 1830. The first-order valence-corrected chi connectivity index (χ1v) is 14.6. The summed E-state index contributed by atoms with van der Waals surface area (Å²) in [4.78, 5) is 7.10. The lowest BCUT2D eigenvalue weighted by molar-refractivity contribution is 0.318. The second-order valence-electron chi connectivity index (χ2n) is 10.3. The smallest absolute Gasteiger partial charge is 0.298 e. The fourth-order valence-electron chi connectivity index (χ4n) is 5.42. The van der Waals surface area contributed by atoms with E-state index in [1.165, 1.54) is 0 Å². The third kappa shape index (κ3) is 5.05. The van der Waals surface area contributed by atoms with Crippen LogP contribution in [0.4, 0.5) is 6.01 Å². The van der Waals surface area contributed by atoms with Crippen LogP contribution in [-0.4, -0.2) is 35.6 Å². The van der Waals surface area contributed by atoms with Crippen LogP contribution in [0.15, 0.2) is 87.8 Å². The molecule has 0 saturated heterocycles. The molecule has 2 aromatic heterocycles. The number of fused-ring (bicyclic) bond motifs is 1. The van der Waals surface area contributed by atoms with Gasteiger partial charge in [0.05, 0.1) is 43.1 Å². The SMILES string of the molecule is COc1ccc(CN(Cc2ccc(OC)cc2)c2nc3cc(-n4nc5c6c(cc(Br)cc64)OCCC5)ccc3o2)cc1. The zero-order chi connectivity index (χ0) is 28.6. The lowest BCUT2D eigenvalue weighted by Crippen LogP contribution is -2.22. The Morgan fingerprint density at radius 2 is 1.57 bits per heavy atom. The number of aryl methyl sites for hydroxylation is 1. The standard InChI is InChI=1S/C33H29BrN4O4/c1-39-25-10-5-21(6-11-25)19-37(20-22-7-12-26(40-2)13-8-22)33-35-28-18-24(9-14-30(28)42-33)38-29-16-23(34)17-31-32(29)27(36-38)4-3-15-41-31/h5-14,16-18H,3-4,15,19-20H2,1-2H3. The molecule has 0 N–H and O–H groups in total. The Labute approximate surface area is 251 Å². The molecule has 1 aliphatic rings. The highest BCUT2D eigenvalue weighted by atomic mass is 79.9. The van der Waals surface area contributed by atoms with E-state index in [0.29, 0.717) is 31.3 Å². The van der Waals surface area contributed by atoms with Crippen molar-refractivity contribution in [1.29, 1.82) is 0 Å². The van der Waals surface area contributed by atoms with Crippen LogP contribution in [0.5, 0.6) is 17.2 Å². The van der Waals surface area contributed by atoms with E-state index in [2.05, 4.69) is 51.2 Å². The number of methoxy groups -OCH3 is 2. The van der Waals surface area contributed by atoms with E-state index in [-0.39, 0.29) is 0 Å². The summed E-state index contributed by atoms with van der Waals surface area (Å²) >= 11 is 3.65. The molecule has 0 bridgehead atoms. The molecular weight excluding hydrogens is 596 g/mol. The molecule has 4 aromatic carbocycles. The molecule has 0 fully saturated rings. The minimum Gasteiger partial charge on any atom is -0.497 e. The molecule has 8 nitrogen and oxygen atoms in total. The van der Waals surface area contributed by atoms with E-state index < -0.39 is 0 Å². The molecule has 0 spiro atoms. The van der Waals surface area contributed by atoms with E-state index in [9.17, 15) is 0 Å². The molecule has 0 atom stereocenters. The van der Waals surface area contributed by atoms with Gasteiger partial charge in [0.25, 0.3) is 6.01 Å². The minimum atomic E-state index is 0.549. The number of hydrogen-bond acceptors (Lipinski definition) is 7. The van der Waals surface area contributed by atoms with Crippen LogP contribution in [0.1, 0.15) is 23.2 Å². The van der Waals surface area contributed by atoms with Crippen molar-refractivity contribution in [2.45, 2.75) is 25.9 Å². The number of nitrogens with zero attached hydrogens (tertiary/aromatic N) is 4. The maximum Gasteiger partial charge on any atom is 0.298 e. The Kier molecular flexibility index (Phi) is 6.95. The fourth-order valence-corrected chi connectivity index (χ4v) is 5.85. The first-order chi connectivity index (χ1) is 20.6. The maximum atomic E-state index is 6.34. The van der Waals surface area contributed by atoms with Gasteiger partial charge in [0.1, 0.15) is 22.8 Å². The number of hydrogen-bond donors (Lipinski definition) is 0. The predicted octanol–water partition coefficient (Wildman–Crippen LogP) is 7.48. The highest BCUT2D eigenvalue weighted by Gasteiger charge is 2.21. The Morgan fingerprint density at radius 3 is 2.24 bits per heavy atom. The van der Waals surface area contributed by atoms with Crippen LogP contribution in [0.2, 0.25) is 0 Å². The van der Waals surface area contributed by atoms with Gasteiger partial charge in [-0.1, -0.05) is 40.2 Å². The average Bonchev–Trinajstić information content (AvgIpc) is 3.54. The third-order valence-electron chi connectivity index (χ3n) is 7.54. The van der Waals surface area contributed by atoms with E-state index in [1.54, 1.807) is 14.2 Å². The van der Waals surface area contributed by atoms with Crippen molar-refractivity contribution in [2.24, 2.45) is 0 Å². The fraction of sp³-hybridized carbons (Fsp3) is 0.212.